The Kier molecular flexibility index (Phi) is 7.64. The Hall–Kier alpha value is -5.76. The van der Waals surface area contributed by atoms with Crippen molar-refractivity contribution in [3.8, 4) is 22.8 Å². The first-order valence-electron chi connectivity index (χ1n) is 17.9. The van der Waals surface area contributed by atoms with Gasteiger partial charge in [-0.2, -0.15) is 0 Å². The van der Waals surface area contributed by atoms with Crippen molar-refractivity contribution in [3.63, 3.8) is 0 Å². The van der Waals surface area contributed by atoms with E-state index in [0.29, 0.717) is 0 Å². The monoisotopic (exact) mass is 654 g/mol. The van der Waals surface area contributed by atoms with E-state index in [4.69, 9.17) is 29.9 Å². The van der Waals surface area contributed by atoms with E-state index < -0.39 is 0 Å². The van der Waals surface area contributed by atoms with E-state index >= 15 is 0 Å². The van der Waals surface area contributed by atoms with Crippen molar-refractivity contribution in [1.29, 1.82) is 0 Å². The van der Waals surface area contributed by atoms with Crippen LogP contribution < -0.4 is 0 Å². The molecule has 0 aliphatic heterocycles. The van der Waals surface area contributed by atoms with Gasteiger partial charge in [-0.15, -0.1) is 0 Å². The van der Waals surface area contributed by atoms with Gasteiger partial charge in [-0.3, -0.25) is 19.9 Å². The van der Waals surface area contributed by atoms with Gasteiger partial charge in [0.1, 0.15) is 11.6 Å². The van der Waals surface area contributed by atoms with Gasteiger partial charge in [0.2, 0.25) is 0 Å². The number of imidazole rings is 2. The first-order chi connectivity index (χ1) is 24.8. The minimum atomic E-state index is 0.882. The molecule has 0 saturated heterocycles. The van der Waals surface area contributed by atoms with Crippen molar-refractivity contribution < 1.29 is 0 Å². The third-order valence-electron chi connectivity index (χ3n) is 10.0. The molecule has 8 heteroatoms. The van der Waals surface area contributed by atoms with Crippen LogP contribution in [0.1, 0.15) is 52.4 Å². The summed E-state index contributed by atoms with van der Waals surface area (Å²) < 4.78 is 4.82. The number of benzene rings is 3. The zero-order valence-electron chi connectivity index (χ0n) is 28.5. The summed E-state index contributed by atoms with van der Waals surface area (Å²) in [7, 11) is 0. The van der Waals surface area contributed by atoms with Gasteiger partial charge < -0.3 is 9.13 Å². The summed E-state index contributed by atoms with van der Waals surface area (Å²) in [5.74, 6) is 1.93. The van der Waals surface area contributed by atoms with Crippen LogP contribution in [0.4, 0.5) is 0 Å². The van der Waals surface area contributed by atoms with Crippen molar-refractivity contribution in [2.45, 2.75) is 65.5 Å². The number of aromatic nitrogens is 8. The van der Waals surface area contributed by atoms with E-state index in [-0.39, 0.29) is 0 Å². The molecule has 0 aliphatic rings. The third kappa shape index (κ3) is 4.81. The zero-order valence-corrected chi connectivity index (χ0v) is 28.5. The van der Waals surface area contributed by atoms with Gasteiger partial charge in [0.05, 0.1) is 44.1 Å². The lowest BCUT2D eigenvalue weighted by Gasteiger charge is -2.13. The van der Waals surface area contributed by atoms with Gasteiger partial charge in [0.15, 0.2) is 0 Å². The number of hydrogen-bond acceptors (Lipinski definition) is 6. The average Bonchev–Trinajstić information content (AvgIpc) is 3.75. The second-order valence-corrected chi connectivity index (χ2v) is 13.2. The fraction of sp³-hybridized carbons (Fsp3) is 0.238. The Labute approximate surface area is 289 Å². The van der Waals surface area contributed by atoms with Crippen LogP contribution in [0.15, 0.2) is 97.6 Å². The van der Waals surface area contributed by atoms with Gasteiger partial charge in [-0.1, -0.05) is 63.8 Å². The topological polar surface area (TPSA) is 87.2 Å². The molecule has 0 bridgehead atoms. The molecule has 9 aromatic rings. The van der Waals surface area contributed by atoms with Crippen LogP contribution in [0.25, 0.3) is 88.5 Å². The second-order valence-electron chi connectivity index (χ2n) is 13.2. The Morgan fingerprint density at radius 3 is 1.16 bits per heavy atom. The van der Waals surface area contributed by atoms with Crippen molar-refractivity contribution in [2.75, 3.05) is 0 Å². The molecular formula is C42H38N8. The van der Waals surface area contributed by atoms with E-state index in [1.54, 1.807) is 0 Å². The molecular weight excluding hydrogens is 617 g/mol. The number of rotatable bonds is 10. The molecule has 0 amide bonds. The molecule has 6 aromatic heterocycles. The maximum atomic E-state index is 5.37. The van der Waals surface area contributed by atoms with Gasteiger partial charge in [0, 0.05) is 70.5 Å². The van der Waals surface area contributed by atoms with Gasteiger partial charge in [-0.25, -0.2) is 9.97 Å². The first-order valence-corrected chi connectivity index (χ1v) is 17.9. The highest BCUT2D eigenvalue weighted by molar-refractivity contribution is 6.22. The first kappa shape index (κ1) is 30.3. The normalized spacial score (nSPS) is 12.0. The third-order valence-corrected chi connectivity index (χ3v) is 10.0. The SMILES string of the molecule is CCCCCn1c(-c2ccc(-c3nc4c5cccnc5c5ncccc5c4n3CCCCC)cc2)nc2c3cccnc3c3ncccc3c21. The smallest absolute Gasteiger partial charge is 0.141 e. The highest BCUT2D eigenvalue weighted by Crippen LogP contribution is 2.39. The van der Waals surface area contributed by atoms with Crippen LogP contribution in [-0.2, 0) is 13.1 Å². The van der Waals surface area contributed by atoms with E-state index in [1.807, 2.05) is 49.1 Å². The molecule has 6 heterocycles. The Morgan fingerprint density at radius 1 is 0.420 bits per heavy atom. The minimum Gasteiger partial charge on any atom is -0.323 e. The predicted octanol–water partition coefficient (Wildman–Crippen LogP) is 10.3. The standard InChI is InChI=1S/C42H38N8/c1-3-5-7-25-49-39-31-15-11-23-45-35(31)33-29(13-9-21-43-33)37(39)47-41(49)27-17-19-28(20-18-27)42-48-38-30-14-10-22-44-34(30)36-32(16-12-24-46-36)40(38)50(42)26-8-6-4-2/h9-24H,3-8,25-26H2,1-2H3. The molecule has 0 N–H and O–H groups in total. The van der Waals surface area contributed by atoms with Gasteiger partial charge in [-0.05, 0) is 61.4 Å². The molecule has 0 spiro atoms. The highest BCUT2D eigenvalue weighted by atomic mass is 15.1. The molecule has 0 radical (unpaired) electrons. The lowest BCUT2D eigenvalue weighted by molar-refractivity contribution is 0.617. The molecule has 8 nitrogen and oxygen atoms in total. The molecule has 3 aromatic carbocycles. The molecule has 246 valence electrons. The molecule has 0 aliphatic carbocycles. The van der Waals surface area contributed by atoms with Gasteiger partial charge in [0.25, 0.3) is 0 Å². The van der Waals surface area contributed by atoms with E-state index in [0.717, 1.165) is 140 Å². The van der Waals surface area contributed by atoms with E-state index in [1.165, 1.54) is 0 Å². The summed E-state index contributed by atoms with van der Waals surface area (Å²) >= 11 is 0. The highest BCUT2D eigenvalue weighted by Gasteiger charge is 2.22. The van der Waals surface area contributed by atoms with Crippen LogP contribution >= 0.6 is 0 Å². The quantitative estimate of drug-likeness (QED) is 0.108. The van der Waals surface area contributed by atoms with Crippen molar-refractivity contribution in [2.24, 2.45) is 0 Å². The van der Waals surface area contributed by atoms with Crippen LogP contribution in [0.3, 0.4) is 0 Å². The van der Waals surface area contributed by atoms with Crippen LogP contribution in [0.5, 0.6) is 0 Å². The Balaban J connectivity index is 1.24. The van der Waals surface area contributed by atoms with E-state index in [2.05, 4.69) is 71.5 Å². The maximum Gasteiger partial charge on any atom is 0.141 e. The number of hydrogen-bond donors (Lipinski definition) is 0. The molecule has 0 saturated carbocycles. The molecule has 50 heavy (non-hydrogen) atoms. The maximum absolute atomic E-state index is 5.37. The van der Waals surface area contributed by atoms with Crippen LogP contribution in [-0.4, -0.2) is 39.0 Å². The van der Waals surface area contributed by atoms with Crippen molar-refractivity contribution >= 4 is 65.7 Å². The lowest BCUT2D eigenvalue weighted by atomic mass is 10.1. The predicted molar refractivity (Wildman–Crippen MR) is 204 cm³/mol. The van der Waals surface area contributed by atoms with E-state index in [9.17, 15) is 0 Å². The summed E-state index contributed by atoms with van der Waals surface area (Å²) in [5.41, 5.74) is 9.98. The Morgan fingerprint density at radius 2 is 0.780 bits per heavy atom. The molecule has 0 fully saturated rings. The number of aryl methyl sites for hydroxylation is 2. The largest absolute Gasteiger partial charge is 0.323 e. The number of nitrogens with zero attached hydrogens (tertiary/aromatic N) is 8. The fourth-order valence-corrected chi connectivity index (χ4v) is 7.65. The number of fused-ring (bicyclic) bond motifs is 12. The van der Waals surface area contributed by atoms with Crippen LogP contribution in [0.2, 0.25) is 0 Å². The van der Waals surface area contributed by atoms with Gasteiger partial charge >= 0.3 is 0 Å². The number of unbranched alkanes of at least 4 members (excludes halogenated alkanes) is 4. The molecule has 9 rings (SSSR count). The Bertz CT molecular complexity index is 2500. The second kappa shape index (κ2) is 12.6. The summed E-state index contributed by atoms with van der Waals surface area (Å²) in [6.45, 7) is 6.26. The van der Waals surface area contributed by atoms with Crippen LogP contribution in [0, 0.1) is 0 Å². The molecule has 0 atom stereocenters. The summed E-state index contributed by atoms with van der Waals surface area (Å²) in [5, 5.41) is 4.24. The van der Waals surface area contributed by atoms with Crippen molar-refractivity contribution in [1.82, 2.24) is 39.0 Å². The minimum absolute atomic E-state index is 0.882. The zero-order chi connectivity index (χ0) is 33.6. The average molecular weight is 655 g/mol. The summed E-state index contributed by atoms with van der Waals surface area (Å²) in [6, 6.07) is 25.4. The fourth-order valence-electron chi connectivity index (χ4n) is 7.65. The lowest BCUT2D eigenvalue weighted by Crippen LogP contribution is -2.03. The molecule has 0 unspecified atom stereocenters. The summed E-state index contributed by atoms with van der Waals surface area (Å²) in [4.78, 5) is 29.8. The van der Waals surface area contributed by atoms with Crippen molar-refractivity contribution in [3.05, 3.63) is 97.6 Å². The summed E-state index contributed by atoms with van der Waals surface area (Å²) in [6.07, 6.45) is 14.2. The number of pyridine rings is 4.